The van der Waals surface area contributed by atoms with Crippen molar-refractivity contribution >= 4 is 23.3 Å². The van der Waals surface area contributed by atoms with E-state index in [1.807, 2.05) is 0 Å². The van der Waals surface area contributed by atoms with E-state index in [0.29, 0.717) is 6.42 Å². The van der Waals surface area contributed by atoms with Crippen molar-refractivity contribution in [3.63, 3.8) is 0 Å². The molecular weight excluding hydrogens is 404 g/mol. The van der Waals surface area contributed by atoms with Gasteiger partial charge in [-0.2, -0.15) is 0 Å². The van der Waals surface area contributed by atoms with Crippen LogP contribution in [0.3, 0.4) is 0 Å². The van der Waals surface area contributed by atoms with Crippen molar-refractivity contribution < 1.29 is 28.8 Å². The summed E-state index contributed by atoms with van der Waals surface area (Å²) in [6, 6.07) is 4.14. The Morgan fingerprint density at radius 2 is 1.87 bits per heavy atom. The Hall–Kier alpha value is -2.97. The number of nitro groups is 1. The van der Waals surface area contributed by atoms with Gasteiger partial charge in [0.05, 0.1) is 23.2 Å². The van der Waals surface area contributed by atoms with Crippen LogP contribution in [0.5, 0.6) is 5.75 Å². The van der Waals surface area contributed by atoms with Crippen molar-refractivity contribution in [2.75, 3.05) is 6.61 Å². The molecule has 31 heavy (non-hydrogen) atoms. The van der Waals surface area contributed by atoms with Gasteiger partial charge in [0.2, 0.25) is 5.91 Å². The zero-order valence-electron chi connectivity index (χ0n) is 18.3. The molecule has 1 saturated carbocycles. The number of ketones is 1. The van der Waals surface area contributed by atoms with Gasteiger partial charge >= 0.3 is 5.97 Å². The second-order valence-corrected chi connectivity index (χ2v) is 7.75. The van der Waals surface area contributed by atoms with Crippen molar-refractivity contribution in [2.45, 2.75) is 78.0 Å². The third-order valence-electron chi connectivity index (χ3n) is 5.33. The predicted molar refractivity (Wildman–Crippen MR) is 113 cm³/mol. The van der Waals surface area contributed by atoms with Crippen molar-refractivity contribution in [1.82, 2.24) is 4.90 Å². The maximum Gasteiger partial charge on any atom is 0.304 e. The lowest BCUT2D eigenvalue weighted by Crippen LogP contribution is -2.48. The number of carbonyl (C=O) groups excluding carboxylic acids is 3. The molecule has 1 fully saturated rings. The van der Waals surface area contributed by atoms with Gasteiger partial charge in [0.1, 0.15) is 5.75 Å². The molecule has 0 spiro atoms. The summed E-state index contributed by atoms with van der Waals surface area (Å²) in [6.07, 6.45) is 4.98. The normalized spacial score (nSPS) is 15.1. The molecule has 170 valence electrons. The second kappa shape index (κ2) is 11.4. The molecule has 1 aromatic carbocycles. The maximum atomic E-state index is 12.9. The number of amides is 1. The monoisotopic (exact) mass is 434 g/mol. The third-order valence-corrected chi connectivity index (χ3v) is 5.33. The number of Topliss-reactive ketones (excluding diaryl/α,β-unsaturated/α-hetero) is 1. The van der Waals surface area contributed by atoms with E-state index in [1.165, 1.54) is 32.0 Å². The molecule has 0 saturated heterocycles. The van der Waals surface area contributed by atoms with E-state index in [-0.39, 0.29) is 42.0 Å². The van der Waals surface area contributed by atoms with Crippen LogP contribution >= 0.6 is 0 Å². The summed E-state index contributed by atoms with van der Waals surface area (Å²) in [5.41, 5.74) is -0.283. The Morgan fingerprint density at radius 1 is 1.19 bits per heavy atom. The minimum atomic E-state index is -0.629. The molecular formula is C22H30N2O7. The average molecular weight is 434 g/mol. The van der Waals surface area contributed by atoms with Crippen molar-refractivity contribution in [1.29, 1.82) is 0 Å². The minimum Gasteiger partial charge on any atom is -0.493 e. The number of esters is 1. The number of rotatable bonds is 10. The number of hydrogen-bond acceptors (Lipinski definition) is 7. The predicted octanol–water partition coefficient (Wildman–Crippen LogP) is 4.03. The molecule has 0 aliphatic heterocycles. The highest BCUT2D eigenvalue weighted by Gasteiger charge is 2.30. The quantitative estimate of drug-likeness (QED) is 0.136. The fourth-order valence-corrected chi connectivity index (χ4v) is 3.95. The lowest BCUT2D eigenvalue weighted by atomic mass is 9.93. The smallest absolute Gasteiger partial charge is 0.304 e. The van der Waals surface area contributed by atoms with Crippen molar-refractivity contribution in [2.24, 2.45) is 0 Å². The third kappa shape index (κ3) is 7.04. The lowest BCUT2D eigenvalue weighted by molar-refractivity contribution is -0.385. The van der Waals surface area contributed by atoms with Crippen LogP contribution in [0.4, 0.5) is 5.69 Å². The maximum absolute atomic E-state index is 12.9. The molecule has 1 aliphatic carbocycles. The summed E-state index contributed by atoms with van der Waals surface area (Å²) in [6.45, 7) is 4.48. The largest absolute Gasteiger partial charge is 0.493 e. The molecule has 9 nitrogen and oxygen atoms in total. The van der Waals surface area contributed by atoms with Gasteiger partial charge in [-0.25, -0.2) is 0 Å². The van der Waals surface area contributed by atoms with E-state index in [0.717, 1.165) is 32.1 Å². The number of carbonyl (C=O) groups is 3. The molecule has 0 N–H and O–H groups in total. The van der Waals surface area contributed by atoms with Crippen LogP contribution in [0.1, 0.15) is 76.1 Å². The van der Waals surface area contributed by atoms with Crippen LogP contribution in [0.15, 0.2) is 18.2 Å². The molecule has 1 aromatic rings. The first-order valence-corrected chi connectivity index (χ1v) is 10.6. The van der Waals surface area contributed by atoms with Gasteiger partial charge in [-0.1, -0.05) is 19.3 Å². The van der Waals surface area contributed by atoms with Gasteiger partial charge in [0, 0.05) is 19.4 Å². The molecule has 1 amide bonds. The van der Waals surface area contributed by atoms with Crippen LogP contribution in [0, 0.1) is 10.1 Å². The fraction of sp³-hybridized carbons (Fsp3) is 0.591. The highest BCUT2D eigenvalue weighted by atomic mass is 16.6. The van der Waals surface area contributed by atoms with Gasteiger partial charge in [-0.15, -0.1) is 0 Å². The Balaban J connectivity index is 1.95. The Bertz CT molecular complexity index is 818. The molecule has 0 bridgehead atoms. The molecule has 1 aliphatic rings. The number of nitro benzene ring substituents is 1. The van der Waals surface area contributed by atoms with Gasteiger partial charge in [0.15, 0.2) is 12.0 Å². The highest BCUT2D eigenvalue weighted by molar-refractivity contribution is 5.98. The van der Waals surface area contributed by atoms with Gasteiger partial charge < -0.3 is 14.4 Å². The van der Waals surface area contributed by atoms with Crippen LogP contribution in [-0.4, -0.2) is 46.4 Å². The van der Waals surface area contributed by atoms with Gasteiger partial charge in [-0.3, -0.25) is 24.5 Å². The summed E-state index contributed by atoms with van der Waals surface area (Å²) < 4.78 is 10.8. The minimum absolute atomic E-state index is 0.0233. The molecule has 0 heterocycles. The standard InChI is InChI=1S/C22H30N2O7/c1-15(25)20-12-11-19(14-21(20)24(28)29)30-13-7-10-22(27)23(16(2)31-17(3)26)18-8-5-4-6-9-18/h11-12,14,16,18H,4-10,13H2,1-3H3. The fourth-order valence-electron chi connectivity index (χ4n) is 3.95. The van der Waals surface area contributed by atoms with E-state index >= 15 is 0 Å². The summed E-state index contributed by atoms with van der Waals surface area (Å²) in [5.74, 6) is -0.669. The van der Waals surface area contributed by atoms with Gasteiger partial charge in [-0.05, 0) is 45.2 Å². The average Bonchev–Trinajstić information content (AvgIpc) is 2.71. The second-order valence-electron chi connectivity index (χ2n) is 7.75. The number of nitrogens with zero attached hydrogens (tertiary/aromatic N) is 2. The number of benzene rings is 1. The lowest BCUT2D eigenvalue weighted by Gasteiger charge is -2.38. The van der Waals surface area contributed by atoms with Crippen LogP contribution in [0.2, 0.25) is 0 Å². The van der Waals surface area contributed by atoms with E-state index in [9.17, 15) is 24.5 Å². The zero-order valence-corrected chi connectivity index (χ0v) is 18.3. The first-order chi connectivity index (χ1) is 14.7. The molecule has 1 unspecified atom stereocenters. The van der Waals surface area contributed by atoms with E-state index in [1.54, 1.807) is 11.8 Å². The van der Waals surface area contributed by atoms with Crippen LogP contribution in [-0.2, 0) is 14.3 Å². The Kier molecular flexibility index (Phi) is 8.96. The first-order valence-electron chi connectivity index (χ1n) is 10.6. The summed E-state index contributed by atoms with van der Waals surface area (Å²) in [7, 11) is 0. The zero-order chi connectivity index (χ0) is 23.0. The topological polar surface area (TPSA) is 116 Å². The number of ether oxygens (including phenoxy) is 2. The van der Waals surface area contributed by atoms with Crippen LogP contribution < -0.4 is 4.74 Å². The molecule has 1 atom stereocenters. The van der Waals surface area contributed by atoms with Crippen molar-refractivity contribution in [3.05, 3.63) is 33.9 Å². The Labute approximate surface area is 181 Å². The number of hydrogen-bond donors (Lipinski definition) is 0. The SMILES string of the molecule is CC(=O)OC(C)N(C(=O)CCCOc1ccc(C(C)=O)c([N+](=O)[O-])c1)C1CCCCC1. The summed E-state index contributed by atoms with van der Waals surface area (Å²) >= 11 is 0. The summed E-state index contributed by atoms with van der Waals surface area (Å²) in [4.78, 5) is 48.0. The van der Waals surface area contributed by atoms with E-state index in [2.05, 4.69) is 0 Å². The van der Waals surface area contributed by atoms with Crippen molar-refractivity contribution in [3.8, 4) is 5.75 Å². The molecule has 2 rings (SSSR count). The molecule has 9 heteroatoms. The van der Waals surface area contributed by atoms with Gasteiger partial charge in [0.25, 0.3) is 5.69 Å². The van der Waals surface area contributed by atoms with E-state index in [4.69, 9.17) is 9.47 Å². The Morgan fingerprint density at radius 3 is 2.45 bits per heavy atom. The molecule has 0 radical (unpaired) electrons. The van der Waals surface area contributed by atoms with Crippen LogP contribution in [0.25, 0.3) is 0 Å². The molecule has 0 aromatic heterocycles. The first kappa shape index (κ1) is 24.3. The van der Waals surface area contributed by atoms with E-state index < -0.39 is 22.9 Å². The summed E-state index contributed by atoms with van der Waals surface area (Å²) in [5, 5.41) is 11.2. The highest BCUT2D eigenvalue weighted by Crippen LogP contribution is 2.27.